The fourth-order valence-corrected chi connectivity index (χ4v) is 2.89. The van der Waals surface area contributed by atoms with Gasteiger partial charge in [-0.15, -0.1) is 0 Å². The molecule has 0 radical (unpaired) electrons. The third kappa shape index (κ3) is 4.21. The lowest BCUT2D eigenvalue weighted by Gasteiger charge is -2.10. The number of alkyl halides is 2. The van der Waals surface area contributed by atoms with E-state index in [-0.39, 0.29) is 17.9 Å². The Hall–Kier alpha value is -3.57. The molecule has 30 heavy (non-hydrogen) atoms. The highest BCUT2D eigenvalue weighted by Crippen LogP contribution is 2.20. The normalized spacial score (nSPS) is 11.2. The van der Waals surface area contributed by atoms with Gasteiger partial charge in [-0.25, -0.2) is 8.78 Å². The maximum Gasteiger partial charge on any atom is 0.282 e. The van der Waals surface area contributed by atoms with Crippen molar-refractivity contribution in [3.05, 3.63) is 41.2 Å². The van der Waals surface area contributed by atoms with Crippen LogP contribution in [0.2, 0.25) is 0 Å². The van der Waals surface area contributed by atoms with E-state index in [1.807, 2.05) is 13.8 Å². The van der Waals surface area contributed by atoms with Crippen molar-refractivity contribution in [2.24, 2.45) is 7.05 Å². The third-order valence-electron chi connectivity index (χ3n) is 4.63. The molecule has 0 saturated heterocycles. The van der Waals surface area contributed by atoms with Gasteiger partial charge in [0.1, 0.15) is 17.9 Å². The zero-order valence-corrected chi connectivity index (χ0v) is 17.0. The summed E-state index contributed by atoms with van der Waals surface area (Å²) < 4.78 is 29.8. The fraction of sp³-hybridized carbons (Fsp3) is 0.389. The zero-order chi connectivity index (χ0) is 22.0. The van der Waals surface area contributed by atoms with Crippen molar-refractivity contribution in [1.29, 1.82) is 0 Å². The van der Waals surface area contributed by atoms with Gasteiger partial charge in [0.15, 0.2) is 0 Å². The van der Waals surface area contributed by atoms with Crippen LogP contribution in [0.5, 0.6) is 0 Å². The topological polar surface area (TPSA) is 112 Å². The number of carbonyl (C=O) groups is 2. The van der Waals surface area contributed by atoms with Crippen molar-refractivity contribution < 1.29 is 18.4 Å². The number of nitrogens with one attached hydrogen (secondary N) is 2. The molecular weight excluding hydrogens is 398 g/mol. The van der Waals surface area contributed by atoms with E-state index < -0.39 is 23.9 Å². The number of rotatable bonds is 7. The monoisotopic (exact) mass is 420 g/mol. The Morgan fingerprint density at radius 1 is 1.10 bits per heavy atom. The predicted octanol–water partition coefficient (Wildman–Crippen LogP) is 2.28. The SMILES string of the molecule is CCn1ncc(NC(=O)Cn2nc(C(F)F)cc2C)c1C(=O)Nc1cnn(C)c1C. The predicted molar refractivity (Wildman–Crippen MR) is 104 cm³/mol. The maximum atomic E-state index is 12.8. The molecule has 0 unspecified atom stereocenters. The van der Waals surface area contributed by atoms with E-state index in [4.69, 9.17) is 0 Å². The third-order valence-corrected chi connectivity index (χ3v) is 4.63. The molecule has 0 bridgehead atoms. The van der Waals surface area contributed by atoms with Crippen LogP contribution in [-0.2, 0) is 24.9 Å². The van der Waals surface area contributed by atoms with Crippen molar-refractivity contribution in [2.45, 2.75) is 40.3 Å². The lowest BCUT2D eigenvalue weighted by molar-refractivity contribution is -0.117. The number of amides is 2. The molecule has 0 aliphatic rings. The molecule has 0 spiro atoms. The molecule has 10 nitrogen and oxygen atoms in total. The van der Waals surface area contributed by atoms with Crippen molar-refractivity contribution >= 4 is 23.2 Å². The van der Waals surface area contributed by atoms with Crippen LogP contribution in [0.15, 0.2) is 18.5 Å². The number of halogens is 2. The number of aromatic nitrogens is 6. The molecule has 3 aromatic heterocycles. The Morgan fingerprint density at radius 3 is 2.37 bits per heavy atom. The van der Waals surface area contributed by atoms with Gasteiger partial charge in [0, 0.05) is 19.3 Å². The van der Waals surface area contributed by atoms with Crippen molar-refractivity contribution in [3.63, 3.8) is 0 Å². The molecule has 0 saturated carbocycles. The summed E-state index contributed by atoms with van der Waals surface area (Å²) in [5.74, 6) is -0.986. The average molecular weight is 420 g/mol. The van der Waals surface area contributed by atoms with E-state index in [9.17, 15) is 18.4 Å². The molecule has 160 valence electrons. The minimum atomic E-state index is -2.72. The first-order valence-electron chi connectivity index (χ1n) is 9.19. The smallest absolute Gasteiger partial charge is 0.282 e. The lowest BCUT2D eigenvalue weighted by atomic mass is 10.3. The highest BCUT2D eigenvalue weighted by molar-refractivity contribution is 6.09. The summed E-state index contributed by atoms with van der Waals surface area (Å²) in [4.78, 5) is 25.3. The molecule has 12 heteroatoms. The van der Waals surface area contributed by atoms with Gasteiger partial charge in [0.05, 0.1) is 29.5 Å². The van der Waals surface area contributed by atoms with Crippen LogP contribution in [0, 0.1) is 13.8 Å². The lowest BCUT2D eigenvalue weighted by Crippen LogP contribution is -2.24. The van der Waals surface area contributed by atoms with Crippen LogP contribution in [0.4, 0.5) is 20.2 Å². The summed E-state index contributed by atoms with van der Waals surface area (Å²) in [6, 6.07) is 1.22. The molecule has 0 aliphatic heterocycles. The van der Waals surface area contributed by atoms with Crippen LogP contribution in [-0.4, -0.2) is 41.2 Å². The number of carbonyl (C=O) groups excluding carboxylic acids is 2. The number of hydrogen-bond donors (Lipinski definition) is 2. The van der Waals surface area contributed by atoms with Gasteiger partial charge in [0.25, 0.3) is 12.3 Å². The first-order chi connectivity index (χ1) is 14.2. The molecule has 3 rings (SSSR count). The summed E-state index contributed by atoms with van der Waals surface area (Å²) in [5, 5.41) is 17.3. The van der Waals surface area contributed by atoms with E-state index in [1.54, 1.807) is 18.7 Å². The van der Waals surface area contributed by atoms with Crippen LogP contribution >= 0.6 is 0 Å². The first-order valence-corrected chi connectivity index (χ1v) is 9.19. The molecule has 0 aromatic carbocycles. The zero-order valence-electron chi connectivity index (χ0n) is 17.0. The second kappa shape index (κ2) is 8.43. The number of aryl methyl sites for hydroxylation is 3. The molecule has 0 fully saturated rings. The Balaban J connectivity index is 1.78. The molecular formula is C18H22F2N8O2. The van der Waals surface area contributed by atoms with Crippen LogP contribution < -0.4 is 10.6 Å². The molecule has 2 N–H and O–H groups in total. The van der Waals surface area contributed by atoms with Crippen LogP contribution in [0.25, 0.3) is 0 Å². The highest BCUT2D eigenvalue weighted by Gasteiger charge is 2.22. The first kappa shape index (κ1) is 21.1. The van der Waals surface area contributed by atoms with Gasteiger partial charge in [-0.2, -0.15) is 15.3 Å². The second-order valence-electron chi connectivity index (χ2n) is 6.66. The minimum Gasteiger partial charge on any atom is -0.321 e. The Kier molecular flexibility index (Phi) is 5.94. The number of nitrogens with zero attached hydrogens (tertiary/aromatic N) is 6. The van der Waals surface area contributed by atoms with Gasteiger partial charge in [0.2, 0.25) is 5.91 Å². The molecule has 3 aromatic rings. The van der Waals surface area contributed by atoms with Gasteiger partial charge in [-0.1, -0.05) is 0 Å². The summed E-state index contributed by atoms with van der Waals surface area (Å²) in [7, 11) is 1.75. The summed E-state index contributed by atoms with van der Waals surface area (Å²) in [6.07, 6.45) is 0.175. The van der Waals surface area contributed by atoms with Crippen molar-refractivity contribution in [2.75, 3.05) is 10.6 Å². The molecule has 0 atom stereocenters. The molecule has 3 heterocycles. The highest BCUT2D eigenvalue weighted by atomic mass is 19.3. The Morgan fingerprint density at radius 2 is 1.80 bits per heavy atom. The number of hydrogen-bond acceptors (Lipinski definition) is 5. The average Bonchev–Trinajstić information content (AvgIpc) is 3.35. The van der Waals surface area contributed by atoms with Crippen molar-refractivity contribution in [3.8, 4) is 0 Å². The summed E-state index contributed by atoms with van der Waals surface area (Å²) in [6.45, 7) is 5.32. The maximum absolute atomic E-state index is 12.8. The van der Waals surface area contributed by atoms with E-state index in [0.29, 0.717) is 17.9 Å². The Labute approximate surface area is 170 Å². The van der Waals surface area contributed by atoms with E-state index in [1.165, 1.54) is 27.8 Å². The summed E-state index contributed by atoms with van der Waals surface area (Å²) >= 11 is 0. The standard InChI is InChI=1S/C18H22F2N8O2/c1-5-27-16(18(30)24-13-7-21-26(4)11(13)3)14(8-22-27)23-15(29)9-28-10(2)6-12(25-28)17(19)20/h6-8,17H,5,9H2,1-4H3,(H,23,29)(H,24,30). The largest absolute Gasteiger partial charge is 0.321 e. The van der Waals surface area contributed by atoms with E-state index >= 15 is 0 Å². The van der Waals surface area contributed by atoms with Gasteiger partial charge in [-0.05, 0) is 26.8 Å². The van der Waals surface area contributed by atoms with E-state index in [2.05, 4.69) is 25.9 Å². The minimum absolute atomic E-state index is 0.166. The van der Waals surface area contributed by atoms with Gasteiger partial charge < -0.3 is 10.6 Å². The fourth-order valence-electron chi connectivity index (χ4n) is 2.89. The van der Waals surface area contributed by atoms with Gasteiger partial charge >= 0.3 is 0 Å². The molecule has 2 amide bonds. The van der Waals surface area contributed by atoms with Crippen LogP contribution in [0.1, 0.15) is 40.9 Å². The van der Waals surface area contributed by atoms with Crippen LogP contribution in [0.3, 0.4) is 0 Å². The number of anilines is 2. The molecule has 0 aliphatic carbocycles. The van der Waals surface area contributed by atoms with Crippen molar-refractivity contribution in [1.82, 2.24) is 29.3 Å². The quantitative estimate of drug-likeness (QED) is 0.609. The second-order valence-corrected chi connectivity index (χ2v) is 6.66. The van der Waals surface area contributed by atoms with Gasteiger partial charge in [-0.3, -0.25) is 23.6 Å². The van der Waals surface area contributed by atoms with E-state index in [0.717, 1.165) is 5.69 Å². The summed E-state index contributed by atoms with van der Waals surface area (Å²) in [5.41, 5.74) is 1.70. The Bertz CT molecular complexity index is 1080.